The van der Waals surface area contributed by atoms with Crippen molar-refractivity contribution in [3.8, 4) is 0 Å². The van der Waals surface area contributed by atoms with Gasteiger partial charge in [-0.3, -0.25) is 0 Å². The van der Waals surface area contributed by atoms with Crippen LogP contribution in [0.1, 0.15) is 51.2 Å². The molecule has 150 valence electrons. The van der Waals surface area contributed by atoms with Gasteiger partial charge in [0.2, 0.25) is 0 Å². The fraction of sp³-hybridized carbons (Fsp3) is 0.650. The van der Waals surface area contributed by atoms with E-state index in [0.29, 0.717) is 13.2 Å². The molecule has 0 saturated heterocycles. The van der Waals surface area contributed by atoms with E-state index in [4.69, 9.17) is 9.73 Å². The van der Waals surface area contributed by atoms with Gasteiger partial charge in [0.25, 0.3) is 0 Å². The minimum absolute atomic E-state index is 0. The van der Waals surface area contributed by atoms with Crippen LogP contribution in [0.25, 0.3) is 0 Å². The lowest BCUT2D eigenvalue weighted by Gasteiger charge is -2.32. The topological polar surface area (TPSA) is 65.9 Å². The number of aliphatic hydroxyl groups excluding tert-OH is 1. The molecule has 0 fully saturated rings. The number of hydrogen-bond donors (Lipinski definition) is 3. The molecule has 0 amide bonds. The highest BCUT2D eigenvalue weighted by molar-refractivity contribution is 14.0. The molecule has 0 aromatic heterocycles. The van der Waals surface area contributed by atoms with Gasteiger partial charge in [-0.05, 0) is 42.7 Å². The van der Waals surface area contributed by atoms with Gasteiger partial charge in [-0.1, -0.05) is 38.1 Å². The Balaban J connectivity index is 0.00000625. The minimum atomic E-state index is 0. The predicted molar refractivity (Wildman–Crippen MR) is 120 cm³/mol. The van der Waals surface area contributed by atoms with Gasteiger partial charge in [0.05, 0.1) is 13.2 Å². The number of rotatable bonds is 11. The molecule has 5 nitrogen and oxygen atoms in total. The molecule has 0 aliphatic rings. The Labute approximate surface area is 176 Å². The van der Waals surface area contributed by atoms with Crippen LogP contribution in [0.15, 0.2) is 29.3 Å². The highest BCUT2D eigenvalue weighted by Gasteiger charge is 2.25. The van der Waals surface area contributed by atoms with E-state index in [9.17, 15) is 5.11 Å². The lowest BCUT2D eigenvalue weighted by Crippen LogP contribution is -2.43. The van der Waals surface area contributed by atoms with Crippen LogP contribution in [-0.2, 0) is 17.9 Å². The number of hydrogen-bond acceptors (Lipinski definition) is 3. The number of halogens is 1. The smallest absolute Gasteiger partial charge is 0.191 e. The molecule has 1 aromatic carbocycles. The van der Waals surface area contributed by atoms with Crippen molar-refractivity contribution in [2.45, 2.75) is 53.2 Å². The molecule has 0 unspecified atom stereocenters. The number of ether oxygens (including phenoxy) is 1. The fourth-order valence-electron chi connectivity index (χ4n) is 2.95. The maximum Gasteiger partial charge on any atom is 0.191 e. The van der Waals surface area contributed by atoms with Gasteiger partial charge >= 0.3 is 0 Å². The first-order valence-corrected chi connectivity index (χ1v) is 9.32. The highest BCUT2D eigenvalue weighted by atomic mass is 127. The van der Waals surface area contributed by atoms with Crippen LogP contribution in [0, 0.1) is 5.41 Å². The molecule has 0 heterocycles. The maximum absolute atomic E-state index is 9.37. The minimum Gasteiger partial charge on any atom is -0.396 e. The number of aliphatic hydroxyl groups is 1. The first-order valence-electron chi connectivity index (χ1n) is 9.32. The molecule has 26 heavy (non-hydrogen) atoms. The van der Waals surface area contributed by atoms with Crippen LogP contribution in [0.5, 0.6) is 0 Å². The summed E-state index contributed by atoms with van der Waals surface area (Å²) < 4.78 is 5.19. The normalized spacial score (nSPS) is 11.8. The van der Waals surface area contributed by atoms with Gasteiger partial charge in [0.1, 0.15) is 0 Å². The molecule has 0 spiro atoms. The van der Waals surface area contributed by atoms with Crippen molar-refractivity contribution in [2.75, 3.05) is 26.8 Å². The number of aliphatic imine (C=N–C) groups is 1. The summed E-state index contributed by atoms with van der Waals surface area (Å²) in [5.74, 6) is 0.823. The third-order valence-electron chi connectivity index (χ3n) is 4.84. The summed E-state index contributed by atoms with van der Waals surface area (Å²) in [5.41, 5.74) is 2.44. The molecule has 0 aliphatic heterocycles. The fourth-order valence-corrected chi connectivity index (χ4v) is 2.95. The zero-order valence-corrected chi connectivity index (χ0v) is 19.0. The molecule has 0 aliphatic carbocycles. The van der Waals surface area contributed by atoms with E-state index in [-0.39, 0.29) is 36.0 Å². The predicted octanol–water partition coefficient (Wildman–Crippen LogP) is 3.69. The first-order chi connectivity index (χ1) is 12.1. The first kappa shape index (κ1) is 25.1. The Kier molecular flexibility index (Phi) is 13.8. The van der Waals surface area contributed by atoms with E-state index in [0.717, 1.165) is 43.9 Å². The lowest BCUT2D eigenvalue weighted by molar-refractivity contribution is 0.169. The number of methoxy groups -OCH3 is 1. The molecule has 3 N–H and O–H groups in total. The summed E-state index contributed by atoms with van der Waals surface area (Å²) >= 11 is 0. The van der Waals surface area contributed by atoms with Crippen molar-refractivity contribution < 1.29 is 9.84 Å². The van der Waals surface area contributed by atoms with Gasteiger partial charge in [-0.15, -0.1) is 24.0 Å². The summed E-state index contributed by atoms with van der Waals surface area (Å²) in [6, 6.07) is 8.32. The van der Waals surface area contributed by atoms with Gasteiger partial charge < -0.3 is 20.5 Å². The van der Waals surface area contributed by atoms with E-state index in [2.05, 4.69) is 49.6 Å². The zero-order chi connectivity index (χ0) is 18.5. The van der Waals surface area contributed by atoms with Crippen LogP contribution in [0.2, 0.25) is 0 Å². The molecule has 0 bridgehead atoms. The number of benzene rings is 1. The molecule has 1 aromatic rings. The second kappa shape index (κ2) is 14.2. The van der Waals surface area contributed by atoms with E-state index < -0.39 is 0 Å². The summed E-state index contributed by atoms with van der Waals surface area (Å²) in [6.45, 7) is 9.54. The highest BCUT2D eigenvalue weighted by Crippen LogP contribution is 2.29. The Morgan fingerprint density at radius 2 is 1.85 bits per heavy atom. The monoisotopic (exact) mass is 477 g/mol. The third kappa shape index (κ3) is 8.68. The largest absolute Gasteiger partial charge is 0.396 e. The van der Waals surface area contributed by atoms with Gasteiger partial charge in [-0.25, -0.2) is 4.99 Å². The molecule has 1 rings (SSSR count). The second-order valence-corrected chi connectivity index (χ2v) is 6.48. The standard InChI is InChI=1S/C20H35N3O2.HI/c1-5-20(6-2,11-12-24)16-23-19(21-7-3)22-14-17-9-8-10-18(13-17)15-25-4;/h8-10,13,24H,5-7,11-12,14-16H2,1-4H3,(H2,21,22,23);1H. The maximum atomic E-state index is 9.37. The zero-order valence-electron chi connectivity index (χ0n) is 16.7. The van der Waals surface area contributed by atoms with Crippen LogP contribution in [-0.4, -0.2) is 37.9 Å². The Bertz CT molecular complexity index is 520. The van der Waals surface area contributed by atoms with Gasteiger partial charge in [0, 0.05) is 26.8 Å². The Morgan fingerprint density at radius 3 is 2.42 bits per heavy atom. The average molecular weight is 477 g/mol. The van der Waals surface area contributed by atoms with Crippen LogP contribution < -0.4 is 10.6 Å². The van der Waals surface area contributed by atoms with Crippen molar-refractivity contribution in [3.05, 3.63) is 35.4 Å². The summed E-state index contributed by atoms with van der Waals surface area (Å²) in [4.78, 5) is 4.71. The Hall–Kier alpha value is -0.860. The van der Waals surface area contributed by atoms with E-state index in [1.165, 1.54) is 5.56 Å². The van der Waals surface area contributed by atoms with Crippen molar-refractivity contribution in [3.63, 3.8) is 0 Å². The van der Waals surface area contributed by atoms with Crippen LogP contribution in [0.3, 0.4) is 0 Å². The summed E-state index contributed by atoms with van der Waals surface area (Å²) in [5, 5.41) is 16.1. The Morgan fingerprint density at radius 1 is 1.15 bits per heavy atom. The van der Waals surface area contributed by atoms with E-state index in [1.54, 1.807) is 7.11 Å². The van der Waals surface area contributed by atoms with Crippen molar-refractivity contribution in [2.24, 2.45) is 10.4 Å². The second-order valence-electron chi connectivity index (χ2n) is 6.48. The molecule has 0 saturated carbocycles. The van der Waals surface area contributed by atoms with Crippen molar-refractivity contribution >= 4 is 29.9 Å². The molecular formula is C20H36IN3O2. The van der Waals surface area contributed by atoms with Crippen LogP contribution in [0.4, 0.5) is 0 Å². The molecule has 6 heteroatoms. The number of guanidine groups is 1. The van der Waals surface area contributed by atoms with Crippen molar-refractivity contribution in [1.82, 2.24) is 10.6 Å². The summed E-state index contributed by atoms with van der Waals surface area (Å²) in [7, 11) is 1.71. The molecular weight excluding hydrogens is 441 g/mol. The molecule has 0 radical (unpaired) electrons. The van der Waals surface area contributed by atoms with Gasteiger partial charge in [-0.2, -0.15) is 0 Å². The van der Waals surface area contributed by atoms with E-state index in [1.807, 2.05) is 6.07 Å². The van der Waals surface area contributed by atoms with Gasteiger partial charge in [0.15, 0.2) is 5.96 Å². The van der Waals surface area contributed by atoms with Crippen LogP contribution >= 0.6 is 24.0 Å². The SMILES string of the molecule is CCNC(=NCc1cccc(COC)c1)NCC(CC)(CC)CCO.I. The molecule has 0 atom stereocenters. The quantitative estimate of drug-likeness (QED) is 0.259. The third-order valence-corrected chi connectivity index (χ3v) is 4.84. The number of nitrogens with one attached hydrogen (secondary N) is 2. The number of nitrogens with zero attached hydrogens (tertiary/aromatic N) is 1. The lowest BCUT2D eigenvalue weighted by atomic mass is 9.79. The summed E-state index contributed by atoms with van der Waals surface area (Å²) in [6.07, 6.45) is 2.89. The van der Waals surface area contributed by atoms with E-state index >= 15 is 0 Å². The van der Waals surface area contributed by atoms with Crippen molar-refractivity contribution in [1.29, 1.82) is 0 Å². The average Bonchev–Trinajstić information content (AvgIpc) is 2.63.